The van der Waals surface area contributed by atoms with Crippen molar-refractivity contribution in [3.8, 4) is 0 Å². The van der Waals surface area contributed by atoms with E-state index in [1.54, 1.807) is 0 Å². The van der Waals surface area contributed by atoms with Crippen LogP contribution in [-0.2, 0) is 0 Å². The highest BCUT2D eigenvalue weighted by molar-refractivity contribution is 6.32. The molecular weight excluding hydrogens is 156 g/mol. The Labute approximate surface area is 71.0 Å². The van der Waals surface area contributed by atoms with Crippen LogP contribution in [0.3, 0.4) is 0 Å². The molecule has 0 aromatic heterocycles. The van der Waals surface area contributed by atoms with E-state index in [0.717, 1.165) is 6.07 Å². The normalized spacial score (nSPS) is 9.83. The van der Waals surface area contributed by atoms with Crippen molar-refractivity contribution in [3.05, 3.63) is 29.6 Å². The number of Topliss-reactive ketones (excluding diaryl/α,β-unsaturated/α-hetero) is 1. The van der Waals surface area contributed by atoms with Gasteiger partial charge in [0.2, 0.25) is 0 Å². The molecule has 60 valence electrons. The molecule has 0 aliphatic rings. The zero-order valence-electron chi connectivity index (χ0n) is 6.38. The number of hydrogen-bond acceptors (Lipinski definition) is 2. The Hall–Kier alpha value is -1.16. The van der Waals surface area contributed by atoms with E-state index in [9.17, 15) is 9.18 Å². The smallest absolute Gasteiger partial charge is 0.179 e. The number of nitrogens with two attached hydrogens (primary N) is 1. The third-order valence-electron chi connectivity index (χ3n) is 1.48. The third kappa shape index (κ3) is 1.71. The second kappa shape index (κ2) is 3.49. The van der Waals surface area contributed by atoms with Gasteiger partial charge in [-0.1, -0.05) is 11.5 Å². The third-order valence-corrected chi connectivity index (χ3v) is 1.48. The predicted molar refractivity (Wildman–Crippen MR) is 45.2 cm³/mol. The summed E-state index contributed by atoms with van der Waals surface area (Å²) in [5.41, 5.74) is 5.35. The highest BCUT2D eigenvalue weighted by Crippen LogP contribution is 2.04. The van der Waals surface area contributed by atoms with Crippen LogP contribution in [0.15, 0.2) is 18.2 Å². The lowest BCUT2D eigenvalue weighted by Gasteiger charge is -2.00. The Morgan fingerprint density at radius 2 is 2.25 bits per heavy atom. The van der Waals surface area contributed by atoms with E-state index in [0.29, 0.717) is 5.46 Å². The van der Waals surface area contributed by atoms with Crippen molar-refractivity contribution in [1.82, 2.24) is 0 Å². The molecule has 0 saturated heterocycles. The molecule has 1 aromatic carbocycles. The van der Waals surface area contributed by atoms with Crippen LogP contribution in [0.1, 0.15) is 10.4 Å². The fraction of sp³-hybridized carbons (Fsp3) is 0.125. The maximum atomic E-state index is 12.9. The van der Waals surface area contributed by atoms with Crippen LogP contribution >= 0.6 is 0 Å². The minimum Gasteiger partial charge on any atom is -0.324 e. The molecular formula is C8H7BFNO. The Morgan fingerprint density at radius 1 is 1.58 bits per heavy atom. The van der Waals surface area contributed by atoms with Gasteiger partial charge in [-0.05, 0) is 12.1 Å². The lowest BCUT2D eigenvalue weighted by molar-refractivity contribution is 0.0997. The second-order valence-electron chi connectivity index (χ2n) is 2.37. The minimum atomic E-state index is -0.620. The molecule has 4 heteroatoms. The summed E-state index contributed by atoms with van der Waals surface area (Å²) in [4.78, 5) is 10.9. The number of ketones is 1. The predicted octanol–water partition coefficient (Wildman–Crippen LogP) is -0.239. The molecule has 0 atom stereocenters. The van der Waals surface area contributed by atoms with E-state index in [4.69, 9.17) is 13.6 Å². The van der Waals surface area contributed by atoms with Gasteiger partial charge in [0.1, 0.15) is 13.7 Å². The molecule has 0 fully saturated rings. The molecule has 12 heavy (non-hydrogen) atoms. The van der Waals surface area contributed by atoms with Crippen molar-refractivity contribution >= 4 is 19.1 Å². The van der Waals surface area contributed by atoms with Crippen LogP contribution in [-0.4, -0.2) is 20.2 Å². The van der Waals surface area contributed by atoms with Crippen molar-refractivity contribution in [2.45, 2.75) is 0 Å². The van der Waals surface area contributed by atoms with E-state index in [1.807, 2.05) is 0 Å². The zero-order valence-corrected chi connectivity index (χ0v) is 6.38. The number of halogens is 1. The molecule has 0 bridgehead atoms. The molecule has 0 heterocycles. The number of hydrogen-bond donors (Lipinski definition) is 1. The van der Waals surface area contributed by atoms with Crippen molar-refractivity contribution in [2.75, 3.05) is 6.54 Å². The van der Waals surface area contributed by atoms with E-state index in [-0.39, 0.29) is 12.1 Å². The Morgan fingerprint density at radius 3 is 2.75 bits per heavy atom. The highest BCUT2D eigenvalue weighted by Gasteiger charge is 2.08. The maximum absolute atomic E-state index is 12.9. The van der Waals surface area contributed by atoms with Gasteiger partial charge >= 0.3 is 0 Å². The molecule has 1 aromatic rings. The van der Waals surface area contributed by atoms with Crippen molar-refractivity contribution < 1.29 is 9.18 Å². The molecule has 2 N–H and O–H groups in total. The fourth-order valence-corrected chi connectivity index (χ4v) is 0.867. The SMILES string of the molecule is [B]c1ccc(C(=O)CN)c(F)c1. The largest absolute Gasteiger partial charge is 0.324 e. The van der Waals surface area contributed by atoms with Crippen LogP contribution in [0.2, 0.25) is 0 Å². The summed E-state index contributed by atoms with van der Waals surface area (Å²) < 4.78 is 12.9. The molecule has 0 saturated carbocycles. The first-order valence-electron chi connectivity index (χ1n) is 3.43. The van der Waals surface area contributed by atoms with Gasteiger partial charge < -0.3 is 5.73 Å². The Bertz CT molecular complexity index is 314. The number of rotatable bonds is 2. The second-order valence-corrected chi connectivity index (χ2v) is 2.37. The molecule has 0 aliphatic carbocycles. The molecule has 2 nitrogen and oxygen atoms in total. The Balaban J connectivity index is 3.09. The maximum Gasteiger partial charge on any atom is 0.179 e. The number of carbonyl (C=O) groups is 1. The Kier molecular flexibility index (Phi) is 2.60. The number of carbonyl (C=O) groups excluding carboxylic acids is 1. The molecule has 0 aliphatic heterocycles. The van der Waals surface area contributed by atoms with E-state index in [1.165, 1.54) is 12.1 Å². The monoisotopic (exact) mass is 163 g/mol. The minimum absolute atomic E-state index is 0.00769. The van der Waals surface area contributed by atoms with Gasteiger partial charge in [-0.3, -0.25) is 4.79 Å². The van der Waals surface area contributed by atoms with Gasteiger partial charge in [-0.25, -0.2) is 4.39 Å². The fourth-order valence-electron chi connectivity index (χ4n) is 0.867. The van der Waals surface area contributed by atoms with Crippen LogP contribution in [0.25, 0.3) is 0 Å². The lowest BCUT2D eigenvalue weighted by Crippen LogP contribution is -2.16. The van der Waals surface area contributed by atoms with Crippen molar-refractivity contribution in [2.24, 2.45) is 5.73 Å². The quantitative estimate of drug-likeness (QED) is 0.482. The van der Waals surface area contributed by atoms with Crippen LogP contribution in [0, 0.1) is 5.82 Å². The van der Waals surface area contributed by atoms with E-state index >= 15 is 0 Å². The summed E-state index contributed by atoms with van der Waals surface area (Å²) in [6.07, 6.45) is 0. The molecule has 0 spiro atoms. The number of benzene rings is 1. The average molecular weight is 163 g/mol. The van der Waals surface area contributed by atoms with E-state index < -0.39 is 11.6 Å². The topological polar surface area (TPSA) is 43.1 Å². The van der Waals surface area contributed by atoms with E-state index in [2.05, 4.69) is 0 Å². The first kappa shape index (κ1) is 8.94. The molecule has 2 radical (unpaired) electrons. The van der Waals surface area contributed by atoms with Crippen molar-refractivity contribution in [1.29, 1.82) is 0 Å². The van der Waals surface area contributed by atoms with Gasteiger partial charge in [0.05, 0.1) is 12.1 Å². The van der Waals surface area contributed by atoms with Gasteiger partial charge in [-0.2, -0.15) is 0 Å². The lowest BCUT2D eigenvalue weighted by atomic mass is 9.94. The summed E-state index contributed by atoms with van der Waals surface area (Å²) in [6.45, 7) is -0.194. The van der Waals surface area contributed by atoms with Gasteiger partial charge in [-0.15, -0.1) is 0 Å². The highest BCUT2D eigenvalue weighted by atomic mass is 19.1. The first-order valence-corrected chi connectivity index (χ1v) is 3.43. The summed E-state index contributed by atoms with van der Waals surface area (Å²) in [5, 5.41) is 0. The summed E-state index contributed by atoms with van der Waals surface area (Å²) in [6, 6.07) is 3.90. The molecule has 0 amide bonds. The molecule has 0 unspecified atom stereocenters. The summed E-state index contributed by atoms with van der Waals surface area (Å²) in [7, 11) is 5.29. The van der Waals surface area contributed by atoms with Gasteiger partial charge in [0.15, 0.2) is 5.78 Å². The molecule has 1 rings (SSSR count). The van der Waals surface area contributed by atoms with Gasteiger partial charge in [0.25, 0.3) is 0 Å². The average Bonchev–Trinajstić information content (AvgIpc) is 2.03. The first-order chi connectivity index (χ1) is 5.65. The standard InChI is InChI=1S/C8H7BFNO/c9-5-1-2-6(7(10)3-5)8(12)4-11/h1-3H,4,11H2. The van der Waals surface area contributed by atoms with Crippen molar-refractivity contribution in [3.63, 3.8) is 0 Å². The van der Waals surface area contributed by atoms with Crippen LogP contribution in [0.5, 0.6) is 0 Å². The van der Waals surface area contributed by atoms with Crippen LogP contribution in [0.4, 0.5) is 4.39 Å². The zero-order chi connectivity index (χ0) is 9.14. The van der Waals surface area contributed by atoms with Crippen LogP contribution < -0.4 is 11.2 Å². The summed E-state index contributed by atoms with van der Waals surface area (Å²) in [5.74, 6) is -1.04. The summed E-state index contributed by atoms with van der Waals surface area (Å²) >= 11 is 0. The van der Waals surface area contributed by atoms with Gasteiger partial charge in [0, 0.05) is 0 Å².